The summed E-state index contributed by atoms with van der Waals surface area (Å²) in [5.74, 6) is 1.26. The molecule has 2 aromatic heterocycles. The molecule has 0 N–H and O–H groups in total. The minimum atomic E-state index is 0.133. The van der Waals surface area contributed by atoms with E-state index in [1.54, 1.807) is 0 Å². The first kappa shape index (κ1) is 14.0. The van der Waals surface area contributed by atoms with Crippen molar-refractivity contribution in [2.75, 3.05) is 0 Å². The first-order valence-corrected chi connectivity index (χ1v) is 7.69. The Bertz CT molecular complexity index is 951. The SMILES string of the molecule is Cc1nc2cc3nc(-c4ccc(C(C)(C)C)cc4)oc3cc2o1. The number of hydrogen-bond donors (Lipinski definition) is 0. The molecular weight excluding hydrogens is 288 g/mol. The van der Waals surface area contributed by atoms with Crippen LogP contribution in [0.2, 0.25) is 0 Å². The van der Waals surface area contributed by atoms with E-state index in [-0.39, 0.29) is 5.41 Å². The molecule has 0 aliphatic carbocycles. The number of fused-ring (bicyclic) bond motifs is 2. The molecule has 0 atom stereocenters. The van der Waals surface area contributed by atoms with Crippen molar-refractivity contribution >= 4 is 22.2 Å². The van der Waals surface area contributed by atoms with Crippen LogP contribution in [0.15, 0.2) is 45.2 Å². The Labute approximate surface area is 134 Å². The lowest BCUT2D eigenvalue weighted by atomic mass is 9.87. The van der Waals surface area contributed by atoms with E-state index in [4.69, 9.17) is 8.83 Å². The summed E-state index contributed by atoms with van der Waals surface area (Å²) in [6.45, 7) is 8.43. The van der Waals surface area contributed by atoms with Crippen LogP contribution in [-0.4, -0.2) is 9.97 Å². The van der Waals surface area contributed by atoms with Crippen LogP contribution >= 0.6 is 0 Å². The summed E-state index contributed by atoms with van der Waals surface area (Å²) in [5, 5.41) is 0. The molecule has 0 saturated carbocycles. The number of aryl methyl sites for hydroxylation is 1. The Morgan fingerprint density at radius 2 is 1.48 bits per heavy atom. The fourth-order valence-corrected chi connectivity index (χ4v) is 2.70. The molecule has 4 rings (SSSR count). The molecule has 0 saturated heterocycles. The molecular formula is C19H18N2O2. The molecule has 0 aliphatic rings. The highest BCUT2D eigenvalue weighted by atomic mass is 16.4. The quantitative estimate of drug-likeness (QED) is 0.482. The van der Waals surface area contributed by atoms with Gasteiger partial charge < -0.3 is 8.83 Å². The van der Waals surface area contributed by atoms with Crippen LogP contribution in [-0.2, 0) is 5.41 Å². The van der Waals surface area contributed by atoms with Crippen molar-refractivity contribution in [1.82, 2.24) is 9.97 Å². The zero-order chi connectivity index (χ0) is 16.2. The lowest BCUT2D eigenvalue weighted by Crippen LogP contribution is -2.10. The largest absolute Gasteiger partial charge is 0.441 e. The Morgan fingerprint density at radius 3 is 2.17 bits per heavy atom. The molecule has 0 bridgehead atoms. The van der Waals surface area contributed by atoms with Crippen LogP contribution in [0.3, 0.4) is 0 Å². The molecule has 4 nitrogen and oxygen atoms in total. The maximum atomic E-state index is 5.90. The minimum Gasteiger partial charge on any atom is -0.441 e. The van der Waals surface area contributed by atoms with Crippen LogP contribution in [0.25, 0.3) is 33.7 Å². The third-order valence-corrected chi connectivity index (χ3v) is 4.00. The average Bonchev–Trinajstić information content (AvgIpc) is 3.05. The first-order chi connectivity index (χ1) is 10.9. The van der Waals surface area contributed by atoms with Gasteiger partial charge in [-0.2, -0.15) is 0 Å². The van der Waals surface area contributed by atoms with Crippen molar-refractivity contribution in [2.45, 2.75) is 33.1 Å². The van der Waals surface area contributed by atoms with Gasteiger partial charge in [0.15, 0.2) is 17.1 Å². The van der Waals surface area contributed by atoms with Crippen molar-refractivity contribution < 1.29 is 8.83 Å². The number of aromatic nitrogens is 2. The van der Waals surface area contributed by atoms with Gasteiger partial charge in [0.05, 0.1) is 0 Å². The number of oxazole rings is 2. The van der Waals surface area contributed by atoms with E-state index >= 15 is 0 Å². The highest BCUT2D eigenvalue weighted by molar-refractivity contribution is 5.90. The van der Waals surface area contributed by atoms with Gasteiger partial charge in [0.25, 0.3) is 0 Å². The average molecular weight is 306 g/mol. The standard InChI is InChI=1S/C19H18N2O2/c1-11-20-14-9-15-17(10-16(14)22-11)23-18(21-15)12-5-7-13(8-6-12)19(2,3)4/h5-10H,1-4H3. The molecule has 0 aliphatic heterocycles. The van der Waals surface area contributed by atoms with Gasteiger partial charge in [0.2, 0.25) is 5.89 Å². The Hall–Kier alpha value is -2.62. The summed E-state index contributed by atoms with van der Waals surface area (Å²) >= 11 is 0. The monoisotopic (exact) mass is 306 g/mol. The normalized spacial score (nSPS) is 12.3. The van der Waals surface area contributed by atoms with E-state index < -0.39 is 0 Å². The number of rotatable bonds is 1. The number of benzene rings is 2. The molecule has 4 aromatic rings. The van der Waals surface area contributed by atoms with Gasteiger partial charge >= 0.3 is 0 Å². The van der Waals surface area contributed by atoms with Crippen LogP contribution in [0.5, 0.6) is 0 Å². The van der Waals surface area contributed by atoms with Gasteiger partial charge in [-0.05, 0) is 29.2 Å². The van der Waals surface area contributed by atoms with Crippen LogP contribution in [0.1, 0.15) is 32.2 Å². The molecule has 0 unspecified atom stereocenters. The van der Waals surface area contributed by atoms with Crippen molar-refractivity contribution in [3.05, 3.63) is 47.9 Å². The Morgan fingerprint density at radius 1 is 0.826 bits per heavy atom. The van der Waals surface area contributed by atoms with E-state index in [2.05, 4.69) is 55.0 Å². The van der Waals surface area contributed by atoms with Crippen LogP contribution < -0.4 is 0 Å². The second-order valence-electron chi connectivity index (χ2n) is 6.87. The van der Waals surface area contributed by atoms with E-state index in [9.17, 15) is 0 Å². The van der Waals surface area contributed by atoms with Gasteiger partial charge in [-0.25, -0.2) is 9.97 Å². The fraction of sp³-hybridized carbons (Fsp3) is 0.263. The lowest BCUT2D eigenvalue weighted by molar-refractivity contribution is 0.559. The summed E-state index contributed by atoms with van der Waals surface area (Å²) in [4.78, 5) is 8.92. The molecule has 116 valence electrons. The van der Waals surface area contributed by atoms with Gasteiger partial charge in [-0.15, -0.1) is 0 Å². The summed E-state index contributed by atoms with van der Waals surface area (Å²) < 4.78 is 11.4. The number of nitrogens with zero attached hydrogens (tertiary/aromatic N) is 2. The van der Waals surface area contributed by atoms with Gasteiger partial charge in [0.1, 0.15) is 11.0 Å². The molecule has 23 heavy (non-hydrogen) atoms. The summed E-state index contributed by atoms with van der Waals surface area (Å²) in [7, 11) is 0. The van der Waals surface area contributed by atoms with Crippen molar-refractivity contribution in [3.8, 4) is 11.5 Å². The second-order valence-corrected chi connectivity index (χ2v) is 6.87. The van der Waals surface area contributed by atoms with E-state index in [0.717, 1.165) is 22.2 Å². The minimum absolute atomic E-state index is 0.133. The van der Waals surface area contributed by atoms with Gasteiger partial charge in [-0.3, -0.25) is 0 Å². The molecule has 2 aromatic carbocycles. The zero-order valence-electron chi connectivity index (χ0n) is 13.7. The summed E-state index contributed by atoms with van der Waals surface area (Å²) in [6, 6.07) is 12.1. The predicted octanol–water partition coefficient (Wildman–Crippen LogP) is 5.24. The maximum Gasteiger partial charge on any atom is 0.227 e. The number of hydrogen-bond acceptors (Lipinski definition) is 4. The van der Waals surface area contributed by atoms with Crippen molar-refractivity contribution in [1.29, 1.82) is 0 Å². The van der Waals surface area contributed by atoms with E-state index in [1.165, 1.54) is 5.56 Å². The molecule has 0 fully saturated rings. The van der Waals surface area contributed by atoms with Crippen LogP contribution in [0, 0.1) is 6.92 Å². The second kappa shape index (κ2) is 4.69. The fourth-order valence-electron chi connectivity index (χ4n) is 2.70. The Balaban J connectivity index is 1.79. The topological polar surface area (TPSA) is 52.1 Å². The highest BCUT2D eigenvalue weighted by Gasteiger charge is 2.15. The molecule has 2 heterocycles. The molecule has 0 spiro atoms. The molecule has 0 radical (unpaired) electrons. The zero-order valence-corrected chi connectivity index (χ0v) is 13.7. The third kappa shape index (κ3) is 2.40. The molecule has 0 amide bonds. The third-order valence-electron chi connectivity index (χ3n) is 4.00. The highest BCUT2D eigenvalue weighted by Crippen LogP contribution is 2.30. The van der Waals surface area contributed by atoms with E-state index in [1.807, 2.05) is 19.1 Å². The van der Waals surface area contributed by atoms with Crippen molar-refractivity contribution in [2.24, 2.45) is 0 Å². The smallest absolute Gasteiger partial charge is 0.227 e. The Kier molecular flexibility index (Phi) is 2.85. The van der Waals surface area contributed by atoms with Crippen molar-refractivity contribution in [3.63, 3.8) is 0 Å². The lowest BCUT2D eigenvalue weighted by Gasteiger charge is -2.18. The first-order valence-electron chi connectivity index (χ1n) is 7.69. The van der Waals surface area contributed by atoms with Gasteiger partial charge in [-0.1, -0.05) is 32.9 Å². The predicted molar refractivity (Wildman–Crippen MR) is 90.4 cm³/mol. The maximum absolute atomic E-state index is 5.90. The molecule has 4 heteroatoms. The summed E-state index contributed by atoms with van der Waals surface area (Å²) in [5.41, 5.74) is 5.42. The van der Waals surface area contributed by atoms with Crippen LogP contribution in [0.4, 0.5) is 0 Å². The van der Waals surface area contributed by atoms with E-state index in [0.29, 0.717) is 17.4 Å². The summed E-state index contributed by atoms with van der Waals surface area (Å²) in [6.07, 6.45) is 0. The van der Waals surface area contributed by atoms with Gasteiger partial charge in [0, 0.05) is 18.6 Å².